The summed E-state index contributed by atoms with van der Waals surface area (Å²) < 4.78 is 15.7. The van der Waals surface area contributed by atoms with Crippen molar-refractivity contribution in [2.75, 3.05) is 34.4 Å². The molecule has 1 saturated heterocycles. The van der Waals surface area contributed by atoms with Crippen molar-refractivity contribution < 1.29 is 23.5 Å². The van der Waals surface area contributed by atoms with Crippen molar-refractivity contribution in [3.63, 3.8) is 0 Å². The molecule has 1 aromatic heterocycles. The monoisotopic (exact) mass is 310 g/mol. The molecule has 1 aliphatic heterocycles. The molecule has 1 atom stereocenters. The zero-order chi connectivity index (χ0) is 16.2. The van der Waals surface area contributed by atoms with Gasteiger partial charge in [-0.1, -0.05) is 0 Å². The predicted molar refractivity (Wildman–Crippen MR) is 78.4 cm³/mol. The molecule has 0 radical (unpaired) electrons. The second kappa shape index (κ2) is 6.93. The molecule has 2 rings (SSSR count). The van der Waals surface area contributed by atoms with Gasteiger partial charge in [-0.3, -0.25) is 9.59 Å². The Labute approximate surface area is 129 Å². The molecule has 1 fully saturated rings. The van der Waals surface area contributed by atoms with Gasteiger partial charge in [-0.2, -0.15) is 0 Å². The molecule has 0 aliphatic carbocycles. The van der Waals surface area contributed by atoms with Crippen molar-refractivity contribution in [1.29, 1.82) is 0 Å². The van der Waals surface area contributed by atoms with E-state index in [4.69, 9.17) is 13.9 Å². The Morgan fingerprint density at radius 1 is 1.36 bits per heavy atom. The Morgan fingerprint density at radius 3 is 2.77 bits per heavy atom. The maximum Gasteiger partial charge on any atom is 0.290 e. The first-order valence-electron chi connectivity index (χ1n) is 7.20. The quantitative estimate of drug-likeness (QED) is 0.840. The number of nitrogens with zero attached hydrogens (tertiary/aromatic N) is 1. The molecule has 1 aromatic rings. The highest BCUT2D eigenvalue weighted by molar-refractivity contribution is 5.98. The molecule has 0 bridgehead atoms. The highest BCUT2D eigenvalue weighted by Crippen LogP contribution is 2.32. The van der Waals surface area contributed by atoms with Gasteiger partial charge in [0, 0.05) is 27.8 Å². The number of methoxy groups -OCH3 is 2. The van der Waals surface area contributed by atoms with Crippen LogP contribution in [-0.4, -0.2) is 56.7 Å². The lowest BCUT2D eigenvalue weighted by Crippen LogP contribution is -2.59. The summed E-state index contributed by atoms with van der Waals surface area (Å²) in [5.41, 5.74) is -0.977. The average Bonchev–Trinajstić information content (AvgIpc) is 3.14. The van der Waals surface area contributed by atoms with Gasteiger partial charge >= 0.3 is 0 Å². The number of rotatable bonds is 6. The summed E-state index contributed by atoms with van der Waals surface area (Å²) in [4.78, 5) is 26.6. The van der Waals surface area contributed by atoms with Crippen molar-refractivity contribution in [1.82, 2.24) is 10.2 Å². The van der Waals surface area contributed by atoms with Crippen LogP contribution in [0.15, 0.2) is 16.5 Å². The van der Waals surface area contributed by atoms with E-state index < -0.39 is 5.54 Å². The number of likely N-dealkylation sites (tertiary alicyclic amines) is 1. The van der Waals surface area contributed by atoms with Crippen LogP contribution in [0.4, 0.5) is 0 Å². The van der Waals surface area contributed by atoms with Gasteiger partial charge in [0.15, 0.2) is 5.76 Å². The Hall–Kier alpha value is -1.86. The van der Waals surface area contributed by atoms with Gasteiger partial charge in [0.2, 0.25) is 5.91 Å². The maximum atomic E-state index is 12.7. The topological polar surface area (TPSA) is 81.0 Å². The largest absolute Gasteiger partial charge is 0.453 e. The SMILES string of the molecule is CNC(=O)C1(COC)CCCN1C(=O)c1ccc(COC)o1. The van der Waals surface area contributed by atoms with Crippen molar-refractivity contribution in [2.45, 2.75) is 25.0 Å². The standard InChI is InChI=1S/C15H22N2O5/c1-16-14(19)15(10-21-3)7-4-8-17(15)13(18)12-6-5-11(22-12)9-20-2/h5-6H,4,7-10H2,1-3H3,(H,16,19). The Balaban J connectivity index is 2.27. The first-order valence-corrected chi connectivity index (χ1v) is 7.20. The highest BCUT2D eigenvalue weighted by Gasteiger charge is 2.50. The Bertz CT molecular complexity index is 542. The number of carbonyl (C=O) groups excluding carboxylic acids is 2. The van der Waals surface area contributed by atoms with Crippen LogP contribution >= 0.6 is 0 Å². The summed E-state index contributed by atoms with van der Waals surface area (Å²) in [6, 6.07) is 3.31. The van der Waals surface area contributed by atoms with Crippen LogP contribution in [0.2, 0.25) is 0 Å². The van der Waals surface area contributed by atoms with Gasteiger partial charge < -0.3 is 24.1 Å². The number of nitrogens with one attached hydrogen (secondary N) is 1. The van der Waals surface area contributed by atoms with Crippen molar-refractivity contribution in [3.05, 3.63) is 23.7 Å². The minimum absolute atomic E-state index is 0.157. The molecule has 0 aromatic carbocycles. The van der Waals surface area contributed by atoms with Gasteiger partial charge in [-0.15, -0.1) is 0 Å². The second-order valence-electron chi connectivity index (χ2n) is 5.30. The molecule has 0 spiro atoms. The third-order valence-electron chi connectivity index (χ3n) is 3.93. The Morgan fingerprint density at radius 2 is 2.14 bits per heavy atom. The van der Waals surface area contributed by atoms with Crippen molar-refractivity contribution in [2.24, 2.45) is 0 Å². The molecule has 22 heavy (non-hydrogen) atoms. The molecular weight excluding hydrogens is 288 g/mol. The molecule has 2 amide bonds. The summed E-state index contributed by atoms with van der Waals surface area (Å²) in [7, 11) is 4.64. The van der Waals surface area contributed by atoms with Crippen LogP contribution in [0.25, 0.3) is 0 Å². The van der Waals surface area contributed by atoms with Crippen LogP contribution in [-0.2, 0) is 20.9 Å². The van der Waals surface area contributed by atoms with Crippen LogP contribution in [0.1, 0.15) is 29.2 Å². The molecule has 7 nitrogen and oxygen atoms in total. The summed E-state index contributed by atoms with van der Waals surface area (Å²) in [5, 5.41) is 2.63. The zero-order valence-corrected chi connectivity index (χ0v) is 13.2. The summed E-state index contributed by atoms with van der Waals surface area (Å²) in [6.45, 7) is 0.950. The van der Waals surface area contributed by atoms with Crippen LogP contribution in [0, 0.1) is 0 Å². The molecule has 7 heteroatoms. The number of likely N-dealkylation sites (N-methyl/N-ethyl adjacent to an activating group) is 1. The maximum absolute atomic E-state index is 12.7. The lowest BCUT2D eigenvalue weighted by atomic mass is 9.95. The molecule has 2 heterocycles. The molecule has 122 valence electrons. The van der Waals surface area contributed by atoms with Crippen LogP contribution in [0.3, 0.4) is 0 Å². The number of furan rings is 1. The first kappa shape index (κ1) is 16.5. The molecule has 1 aliphatic rings. The second-order valence-corrected chi connectivity index (χ2v) is 5.30. The fourth-order valence-electron chi connectivity index (χ4n) is 2.94. The Kier molecular flexibility index (Phi) is 5.20. The van der Waals surface area contributed by atoms with Gasteiger partial charge in [-0.05, 0) is 25.0 Å². The fourth-order valence-corrected chi connectivity index (χ4v) is 2.94. The summed E-state index contributed by atoms with van der Waals surface area (Å²) >= 11 is 0. The van der Waals surface area contributed by atoms with E-state index in [2.05, 4.69) is 5.32 Å². The minimum atomic E-state index is -0.977. The summed E-state index contributed by atoms with van der Waals surface area (Å²) in [6.07, 6.45) is 1.31. The van der Waals surface area contributed by atoms with Crippen molar-refractivity contribution in [3.8, 4) is 0 Å². The summed E-state index contributed by atoms with van der Waals surface area (Å²) in [5.74, 6) is 0.255. The van der Waals surface area contributed by atoms with E-state index >= 15 is 0 Å². The van der Waals surface area contributed by atoms with Gasteiger partial charge in [0.05, 0.1) is 6.61 Å². The predicted octanol–water partition coefficient (Wildman–Crippen LogP) is 0.793. The number of carbonyl (C=O) groups is 2. The van der Waals surface area contributed by atoms with Gasteiger partial charge in [0.1, 0.15) is 17.9 Å². The van der Waals surface area contributed by atoms with E-state index in [1.165, 1.54) is 7.11 Å². The van der Waals surface area contributed by atoms with Crippen molar-refractivity contribution >= 4 is 11.8 Å². The van der Waals surface area contributed by atoms with E-state index in [9.17, 15) is 9.59 Å². The normalized spacial score (nSPS) is 21.1. The fraction of sp³-hybridized carbons (Fsp3) is 0.600. The number of ether oxygens (including phenoxy) is 2. The molecule has 1 unspecified atom stereocenters. The van der Waals surface area contributed by atoms with Gasteiger partial charge in [-0.25, -0.2) is 0 Å². The van der Waals surface area contributed by atoms with E-state index in [-0.39, 0.29) is 24.2 Å². The smallest absolute Gasteiger partial charge is 0.290 e. The number of amides is 2. The zero-order valence-electron chi connectivity index (χ0n) is 13.2. The third kappa shape index (κ3) is 2.86. The minimum Gasteiger partial charge on any atom is -0.453 e. The highest BCUT2D eigenvalue weighted by atomic mass is 16.5. The van der Waals surface area contributed by atoms with E-state index in [1.54, 1.807) is 31.2 Å². The molecule has 0 saturated carbocycles. The average molecular weight is 310 g/mol. The number of hydrogen-bond donors (Lipinski definition) is 1. The first-order chi connectivity index (χ1) is 10.6. The third-order valence-corrected chi connectivity index (χ3v) is 3.93. The molecular formula is C15H22N2O5. The number of hydrogen-bond acceptors (Lipinski definition) is 5. The van der Waals surface area contributed by atoms with E-state index in [1.807, 2.05) is 0 Å². The lowest BCUT2D eigenvalue weighted by molar-refractivity contribution is -0.133. The van der Waals surface area contributed by atoms with E-state index in [0.29, 0.717) is 25.3 Å². The molecule has 1 N–H and O–H groups in total. The van der Waals surface area contributed by atoms with Crippen LogP contribution in [0.5, 0.6) is 0 Å². The lowest BCUT2D eigenvalue weighted by Gasteiger charge is -2.35. The van der Waals surface area contributed by atoms with Gasteiger partial charge in [0.25, 0.3) is 5.91 Å². The van der Waals surface area contributed by atoms with Crippen LogP contribution < -0.4 is 5.32 Å². The van der Waals surface area contributed by atoms with E-state index in [0.717, 1.165) is 6.42 Å².